The van der Waals surface area contributed by atoms with Gasteiger partial charge in [-0.3, -0.25) is 9.48 Å². The van der Waals surface area contributed by atoms with E-state index in [0.29, 0.717) is 18.2 Å². The number of aryl methyl sites for hydroxylation is 2. The van der Waals surface area contributed by atoms with Gasteiger partial charge in [-0.05, 0) is 73.9 Å². The topological polar surface area (TPSA) is 119 Å². The summed E-state index contributed by atoms with van der Waals surface area (Å²) < 4.78 is 38.2. The molecular weight excluding hydrogens is 600 g/mol. The smallest absolute Gasteiger partial charge is 0.264 e. The van der Waals surface area contributed by atoms with Crippen molar-refractivity contribution in [3.8, 4) is 17.1 Å². The summed E-state index contributed by atoms with van der Waals surface area (Å²) in [6.45, 7) is 10.8. The van der Waals surface area contributed by atoms with Crippen molar-refractivity contribution in [3.05, 3.63) is 83.2 Å². The van der Waals surface area contributed by atoms with Crippen molar-refractivity contribution in [1.29, 1.82) is 0 Å². The molecule has 0 saturated heterocycles. The molecule has 46 heavy (non-hydrogen) atoms. The predicted octanol–water partition coefficient (Wildman–Crippen LogP) is 6.71. The van der Waals surface area contributed by atoms with Crippen LogP contribution in [0.5, 0.6) is 5.88 Å². The SMILES string of the molecule is Cc1cccc(C)c1-c1cc2nc(n1)NS(=O)(=O)c1cccc(c1)C(=O)N(Cc1ccn(C3CCCC3)n1)[C@H](CC(C)(C)C)CO2. The molecule has 1 fully saturated rings. The molecule has 2 aromatic heterocycles. The third kappa shape index (κ3) is 6.94. The van der Waals surface area contributed by atoms with Gasteiger partial charge in [0.25, 0.3) is 15.9 Å². The maximum absolute atomic E-state index is 14.4. The van der Waals surface area contributed by atoms with E-state index in [1.807, 2.05) is 49.0 Å². The van der Waals surface area contributed by atoms with Crippen molar-refractivity contribution in [3.63, 3.8) is 0 Å². The molecule has 1 atom stereocenters. The number of carbonyl (C=O) groups is 1. The molecule has 2 aliphatic rings. The third-order valence-corrected chi connectivity index (χ3v) is 10.1. The number of benzene rings is 2. The summed E-state index contributed by atoms with van der Waals surface area (Å²) in [5.74, 6) is -0.181. The largest absolute Gasteiger partial charge is 0.475 e. The second kappa shape index (κ2) is 12.5. The van der Waals surface area contributed by atoms with Gasteiger partial charge in [0.15, 0.2) is 0 Å². The van der Waals surface area contributed by atoms with E-state index in [1.54, 1.807) is 23.1 Å². The number of fused-ring (bicyclic) bond motifs is 4. The molecule has 0 unspecified atom stereocenters. The van der Waals surface area contributed by atoms with E-state index in [0.717, 1.165) is 35.2 Å². The Kier molecular flexibility index (Phi) is 8.62. The monoisotopic (exact) mass is 642 g/mol. The molecule has 4 bridgehead atoms. The lowest BCUT2D eigenvalue weighted by atomic mass is 9.87. The van der Waals surface area contributed by atoms with E-state index in [-0.39, 0.29) is 52.8 Å². The van der Waals surface area contributed by atoms with Crippen molar-refractivity contribution in [1.82, 2.24) is 24.6 Å². The van der Waals surface area contributed by atoms with E-state index in [9.17, 15) is 13.2 Å². The molecule has 11 heteroatoms. The first-order chi connectivity index (χ1) is 21.9. The van der Waals surface area contributed by atoms with E-state index >= 15 is 0 Å². The van der Waals surface area contributed by atoms with Gasteiger partial charge in [-0.1, -0.05) is 57.9 Å². The van der Waals surface area contributed by atoms with Crippen molar-refractivity contribution >= 4 is 21.9 Å². The van der Waals surface area contributed by atoms with Crippen LogP contribution < -0.4 is 9.46 Å². The van der Waals surface area contributed by atoms with Crippen molar-refractivity contribution in [2.24, 2.45) is 5.41 Å². The molecule has 0 spiro atoms. The minimum Gasteiger partial charge on any atom is -0.475 e. The Bertz CT molecular complexity index is 1840. The van der Waals surface area contributed by atoms with Crippen LogP contribution in [0.1, 0.15) is 86.1 Å². The van der Waals surface area contributed by atoms with Gasteiger partial charge in [0.1, 0.15) is 6.61 Å². The number of ether oxygens (including phenoxy) is 1. The van der Waals surface area contributed by atoms with Gasteiger partial charge < -0.3 is 9.64 Å². The number of nitrogens with one attached hydrogen (secondary N) is 1. The van der Waals surface area contributed by atoms with E-state index in [1.165, 1.54) is 25.0 Å². The Morgan fingerprint density at radius 3 is 2.41 bits per heavy atom. The molecule has 4 aromatic rings. The first-order valence-electron chi connectivity index (χ1n) is 15.9. The summed E-state index contributed by atoms with van der Waals surface area (Å²) >= 11 is 0. The average Bonchev–Trinajstić information content (AvgIpc) is 3.69. The molecule has 1 N–H and O–H groups in total. The number of nitrogens with zero attached hydrogens (tertiary/aromatic N) is 5. The van der Waals surface area contributed by atoms with Gasteiger partial charge in [-0.15, -0.1) is 0 Å². The summed E-state index contributed by atoms with van der Waals surface area (Å²) in [5, 5.41) is 4.89. The number of rotatable bonds is 5. The minimum absolute atomic E-state index is 0.0565. The van der Waals surface area contributed by atoms with Crippen LogP contribution in [0, 0.1) is 19.3 Å². The third-order valence-electron chi connectivity index (χ3n) is 8.72. The lowest BCUT2D eigenvalue weighted by Gasteiger charge is -2.35. The number of carbonyl (C=O) groups excluding carboxylic acids is 1. The molecular formula is C35H42N6O4S. The number of hydrogen-bond donors (Lipinski definition) is 1. The molecule has 1 aliphatic heterocycles. The summed E-state index contributed by atoms with van der Waals surface area (Å²) in [4.78, 5) is 25.2. The van der Waals surface area contributed by atoms with E-state index < -0.39 is 10.0 Å². The first kappa shape index (κ1) is 31.7. The standard InChI is InChI=1S/C35H42N6O4S/c1-23-10-8-11-24(2)32(23)30-19-31-37-34(36-30)39-46(43,44)29-15-9-12-25(18-29)33(42)40(28(22-45-31)20-35(3,4)5)21-26-16-17-41(38-26)27-13-6-7-14-27/h8-12,15-19,27-28H,6-7,13-14,20-22H2,1-5H3,(H,36,37,39)/t28-/m1/s1. The van der Waals surface area contributed by atoms with Crippen LogP contribution in [0.15, 0.2) is 65.7 Å². The van der Waals surface area contributed by atoms with Gasteiger partial charge >= 0.3 is 0 Å². The van der Waals surface area contributed by atoms with Crippen LogP contribution in [0.4, 0.5) is 5.95 Å². The number of hydrogen-bond acceptors (Lipinski definition) is 7. The number of sulfonamides is 1. The summed E-state index contributed by atoms with van der Waals surface area (Å²) in [7, 11) is -4.14. The maximum Gasteiger partial charge on any atom is 0.264 e. The number of amides is 1. The lowest BCUT2D eigenvalue weighted by Crippen LogP contribution is -2.45. The quantitative estimate of drug-likeness (QED) is 0.257. The van der Waals surface area contributed by atoms with E-state index in [4.69, 9.17) is 9.84 Å². The highest BCUT2D eigenvalue weighted by Crippen LogP contribution is 2.32. The summed E-state index contributed by atoms with van der Waals surface area (Å²) in [6, 6.07) is 15.8. The maximum atomic E-state index is 14.4. The van der Waals surface area contributed by atoms with Gasteiger partial charge in [-0.25, -0.2) is 18.1 Å². The average molecular weight is 643 g/mol. The Labute approximate surface area is 271 Å². The molecule has 1 aliphatic carbocycles. The van der Waals surface area contributed by atoms with Crippen LogP contribution >= 0.6 is 0 Å². The molecule has 242 valence electrons. The fourth-order valence-electron chi connectivity index (χ4n) is 6.56. The summed E-state index contributed by atoms with van der Waals surface area (Å²) in [5.41, 5.74) is 4.28. The van der Waals surface area contributed by atoms with Crippen molar-refractivity contribution < 1.29 is 17.9 Å². The van der Waals surface area contributed by atoms with Crippen LogP contribution in [-0.2, 0) is 16.6 Å². The van der Waals surface area contributed by atoms with Gasteiger partial charge in [-0.2, -0.15) is 10.1 Å². The lowest BCUT2D eigenvalue weighted by molar-refractivity contribution is 0.0508. The molecule has 0 radical (unpaired) electrons. The van der Waals surface area contributed by atoms with Crippen LogP contribution in [-0.4, -0.2) is 51.6 Å². The fourth-order valence-corrected chi connectivity index (χ4v) is 7.54. The molecule has 3 heterocycles. The van der Waals surface area contributed by atoms with Gasteiger partial charge in [0.2, 0.25) is 11.8 Å². The van der Waals surface area contributed by atoms with Crippen LogP contribution in [0.2, 0.25) is 0 Å². The Morgan fingerprint density at radius 2 is 1.70 bits per heavy atom. The molecule has 1 amide bonds. The van der Waals surface area contributed by atoms with Crippen LogP contribution in [0.3, 0.4) is 0 Å². The van der Waals surface area contributed by atoms with Crippen LogP contribution in [0.25, 0.3) is 11.3 Å². The summed E-state index contributed by atoms with van der Waals surface area (Å²) in [6.07, 6.45) is 7.22. The molecule has 1 saturated carbocycles. The second-order valence-electron chi connectivity index (χ2n) is 13.7. The van der Waals surface area contributed by atoms with Crippen molar-refractivity contribution in [2.75, 3.05) is 11.3 Å². The normalized spacial score (nSPS) is 18.7. The molecule has 6 rings (SSSR count). The Balaban J connectivity index is 1.46. The first-order valence-corrected chi connectivity index (χ1v) is 17.4. The zero-order chi connectivity index (χ0) is 32.6. The van der Waals surface area contributed by atoms with E-state index in [2.05, 4.69) is 35.5 Å². The zero-order valence-corrected chi connectivity index (χ0v) is 28.0. The predicted molar refractivity (Wildman–Crippen MR) is 177 cm³/mol. The van der Waals surface area contributed by atoms with Gasteiger partial charge in [0, 0.05) is 23.4 Å². The number of aromatic nitrogens is 4. The minimum atomic E-state index is -4.14. The fraction of sp³-hybridized carbons (Fsp3) is 0.429. The Hall–Kier alpha value is -4.25. The van der Waals surface area contributed by atoms with Gasteiger partial charge in [0.05, 0.1) is 34.9 Å². The Morgan fingerprint density at radius 1 is 0.978 bits per heavy atom. The van der Waals surface area contributed by atoms with Crippen molar-refractivity contribution in [2.45, 2.75) is 90.2 Å². The molecule has 2 aromatic carbocycles. The highest BCUT2D eigenvalue weighted by Gasteiger charge is 2.32. The highest BCUT2D eigenvalue weighted by molar-refractivity contribution is 7.92. The zero-order valence-electron chi connectivity index (χ0n) is 27.2. The highest BCUT2D eigenvalue weighted by atomic mass is 32.2. The molecule has 10 nitrogen and oxygen atoms in total. The number of anilines is 1. The second-order valence-corrected chi connectivity index (χ2v) is 15.4.